The number of nitrogens with one attached hydrogen (secondary N) is 1. The third-order valence-corrected chi connectivity index (χ3v) is 6.47. The van der Waals surface area contributed by atoms with E-state index in [9.17, 15) is 14.9 Å². The van der Waals surface area contributed by atoms with Crippen molar-refractivity contribution in [3.8, 4) is 6.07 Å². The van der Waals surface area contributed by atoms with Crippen LogP contribution in [0, 0.1) is 35.4 Å². The number of aromatic nitrogens is 2. The second-order valence-electron chi connectivity index (χ2n) is 8.94. The molecule has 1 aliphatic heterocycles. The molecule has 1 aromatic heterocycles. The minimum atomic E-state index is -0.669. The lowest BCUT2D eigenvalue weighted by molar-refractivity contribution is 0.294. The summed E-state index contributed by atoms with van der Waals surface area (Å²) in [6, 6.07) is 3.23. The van der Waals surface area contributed by atoms with Gasteiger partial charge in [0, 0.05) is 30.7 Å². The summed E-state index contributed by atoms with van der Waals surface area (Å²) in [5.74, 6) is -0.417. The normalized spacial score (nSPS) is 20.8. The molecule has 2 fully saturated rings. The Balaban J connectivity index is 1.80. The molecule has 2 unspecified atom stereocenters. The van der Waals surface area contributed by atoms with E-state index in [2.05, 4.69) is 11.1 Å². The van der Waals surface area contributed by atoms with Crippen molar-refractivity contribution in [2.24, 2.45) is 17.1 Å². The fourth-order valence-corrected chi connectivity index (χ4v) is 4.58. The number of H-pyrrole nitrogens is 1. The smallest absolute Gasteiger partial charge is 0.329 e. The number of aromatic amines is 1. The standard InChI is InChI=1S/C21H26FN5O2/c1-11-16-14(19(28)25-20(29)27(16)13-4-5-13)8-15(22)17(11)26-7-6-12(9-26)18(24)21(2,3)10-23/h8,12-13,18H,4-7,9,24H2,1-3H3,(H,25,28,29). The summed E-state index contributed by atoms with van der Waals surface area (Å²) in [5.41, 5.74) is 6.21. The van der Waals surface area contributed by atoms with Crippen LogP contribution in [0.25, 0.3) is 10.9 Å². The van der Waals surface area contributed by atoms with Crippen molar-refractivity contribution in [1.29, 1.82) is 5.26 Å². The molecule has 3 N–H and O–H groups in total. The maximum absolute atomic E-state index is 15.1. The number of benzene rings is 1. The second-order valence-corrected chi connectivity index (χ2v) is 8.94. The van der Waals surface area contributed by atoms with Gasteiger partial charge < -0.3 is 10.6 Å². The van der Waals surface area contributed by atoms with Gasteiger partial charge in [0.1, 0.15) is 5.82 Å². The number of nitrogens with zero attached hydrogens (tertiary/aromatic N) is 3. The largest absolute Gasteiger partial charge is 0.369 e. The van der Waals surface area contributed by atoms with Gasteiger partial charge in [-0.05, 0) is 52.0 Å². The molecule has 4 rings (SSSR count). The Bertz CT molecular complexity index is 1140. The maximum atomic E-state index is 15.1. The van der Waals surface area contributed by atoms with E-state index in [1.54, 1.807) is 11.5 Å². The summed E-state index contributed by atoms with van der Waals surface area (Å²) in [4.78, 5) is 29.0. The molecule has 2 heterocycles. The molecule has 7 nitrogen and oxygen atoms in total. The van der Waals surface area contributed by atoms with E-state index in [0.29, 0.717) is 29.9 Å². The average Bonchev–Trinajstić information content (AvgIpc) is 3.39. The molecule has 1 aromatic carbocycles. The maximum Gasteiger partial charge on any atom is 0.329 e. The zero-order valence-electron chi connectivity index (χ0n) is 17.0. The molecule has 2 atom stereocenters. The minimum Gasteiger partial charge on any atom is -0.369 e. The Hall–Kier alpha value is -2.66. The van der Waals surface area contributed by atoms with E-state index < -0.39 is 22.5 Å². The Morgan fingerprint density at radius 2 is 2.03 bits per heavy atom. The first-order valence-corrected chi connectivity index (χ1v) is 10.0. The summed E-state index contributed by atoms with van der Waals surface area (Å²) in [5, 5.41) is 9.59. The number of aryl methyl sites for hydroxylation is 1. The van der Waals surface area contributed by atoms with E-state index in [-0.39, 0.29) is 23.4 Å². The fraction of sp³-hybridized carbons (Fsp3) is 0.571. The molecule has 0 radical (unpaired) electrons. The Morgan fingerprint density at radius 1 is 1.34 bits per heavy atom. The zero-order valence-corrected chi connectivity index (χ0v) is 17.0. The molecule has 1 saturated heterocycles. The molecular formula is C21H26FN5O2. The third-order valence-electron chi connectivity index (χ3n) is 6.47. The van der Waals surface area contributed by atoms with Gasteiger partial charge >= 0.3 is 5.69 Å². The van der Waals surface area contributed by atoms with Gasteiger partial charge in [0.15, 0.2) is 0 Å². The number of nitriles is 1. The minimum absolute atomic E-state index is 0.0510. The SMILES string of the molecule is Cc1c(N2CCC(C(N)C(C)(C)C#N)C2)c(F)cc2c(=O)[nH]c(=O)n(C3CC3)c12. The van der Waals surface area contributed by atoms with Gasteiger partial charge in [0.05, 0.1) is 28.1 Å². The van der Waals surface area contributed by atoms with Gasteiger partial charge in [-0.3, -0.25) is 14.3 Å². The summed E-state index contributed by atoms with van der Waals surface area (Å²) in [6.45, 7) is 6.56. The summed E-state index contributed by atoms with van der Waals surface area (Å²) in [6.07, 6.45) is 2.50. The molecule has 1 saturated carbocycles. The van der Waals surface area contributed by atoms with Crippen molar-refractivity contribution < 1.29 is 4.39 Å². The van der Waals surface area contributed by atoms with Crippen molar-refractivity contribution in [3.63, 3.8) is 0 Å². The molecule has 154 valence electrons. The van der Waals surface area contributed by atoms with Crippen LogP contribution in [-0.2, 0) is 0 Å². The molecule has 29 heavy (non-hydrogen) atoms. The van der Waals surface area contributed by atoms with E-state index in [1.807, 2.05) is 18.7 Å². The van der Waals surface area contributed by atoms with Crippen molar-refractivity contribution in [2.45, 2.75) is 52.1 Å². The fourth-order valence-electron chi connectivity index (χ4n) is 4.58. The van der Waals surface area contributed by atoms with E-state index >= 15 is 4.39 Å². The Labute approximate surface area is 167 Å². The third kappa shape index (κ3) is 3.14. The first-order valence-electron chi connectivity index (χ1n) is 10.0. The Kier molecular flexibility index (Phi) is 4.54. The van der Waals surface area contributed by atoms with Gasteiger partial charge in [0.25, 0.3) is 5.56 Å². The van der Waals surface area contributed by atoms with Crippen LogP contribution >= 0.6 is 0 Å². The molecule has 0 amide bonds. The highest BCUT2D eigenvalue weighted by Crippen LogP contribution is 2.40. The zero-order chi connectivity index (χ0) is 21.1. The molecule has 2 aliphatic rings. The molecule has 8 heteroatoms. The lowest BCUT2D eigenvalue weighted by Crippen LogP contribution is -2.43. The van der Waals surface area contributed by atoms with Crippen LogP contribution in [0.4, 0.5) is 10.1 Å². The molecule has 1 aliphatic carbocycles. The number of hydrogen-bond acceptors (Lipinski definition) is 5. The molecule has 2 aromatic rings. The summed E-state index contributed by atoms with van der Waals surface area (Å²) < 4.78 is 16.7. The lowest BCUT2D eigenvalue weighted by Gasteiger charge is -2.30. The van der Waals surface area contributed by atoms with Gasteiger partial charge in [-0.15, -0.1) is 0 Å². The van der Waals surface area contributed by atoms with Gasteiger partial charge in [0.2, 0.25) is 0 Å². The van der Waals surface area contributed by atoms with Crippen molar-refractivity contribution in [3.05, 3.63) is 38.3 Å². The van der Waals surface area contributed by atoms with Crippen LogP contribution < -0.4 is 21.9 Å². The topological polar surface area (TPSA) is 108 Å². The van der Waals surface area contributed by atoms with Crippen LogP contribution in [0.15, 0.2) is 15.7 Å². The van der Waals surface area contributed by atoms with Gasteiger partial charge in [-0.25, -0.2) is 9.18 Å². The van der Waals surface area contributed by atoms with Crippen molar-refractivity contribution in [1.82, 2.24) is 9.55 Å². The number of nitrogens with two attached hydrogens (primary N) is 1. The molecule has 0 spiro atoms. The quantitative estimate of drug-likeness (QED) is 0.819. The van der Waals surface area contributed by atoms with E-state index in [0.717, 1.165) is 19.3 Å². The van der Waals surface area contributed by atoms with E-state index in [1.165, 1.54) is 6.07 Å². The first kappa shape index (κ1) is 19.6. The summed E-state index contributed by atoms with van der Waals surface area (Å²) in [7, 11) is 0. The van der Waals surface area contributed by atoms with Crippen LogP contribution in [0.3, 0.4) is 0 Å². The van der Waals surface area contributed by atoms with Crippen LogP contribution in [0.1, 0.15) is 44.7 Å². The van der Waals surface area contributed by atoms with Crippen LogP contribution in [0.2, 0.25) is 0 Å². The highest BCUT2D eigenvalue weighted by Gasteiger charge is 2.38. The van der Waals surface area contributed by atoms with Gasteiger partial charge in [-0.2, -0.15) is 5.26 Å². The number of hydrogen-bond donors (Lipinski definition) is 2. The average molecular weight is 399 g/mol. The van der Waals surface area contributed by atoms with Gasteiger partial charge in [-0.1, -0.05) is 0 Å². The highest BCUT2D eigenvalue weighted by molar-refractivity contribution is 5.87. The Morgan fingerprint density at radius 3 is 2.66 bits per heavy atom. The first-order chi connectivity index (χ1) is 13.7. The summed E-state index contributed by atoms with van der Waals surface area (Å²) >= 11 is 0. The lowest BCUT2D eigenvalue weighted by atomic mass is 9.79. The predicted molar refractivity (Wildman–Crippen MR) is 109 cm³/mol. The number of rotatable bonds is 4. The van der Waals surface area contributed by atoms with Crippen molar-refractivity contribution >= 4 is 16.6 Å². The highest BCUT2D eigenvalue weighted by atomic mass is 19.1. The predicted octanol–water partition coefficient (Wildman–Crippen LogP) is 2.18. The second kappa shape index (κ2) is 6.70. The monoisotopic (exact) mass is 399 g/mol. The number of fused-ring (bicyclic) bond motifs is 1. The number of anilines is 1. The molecule has 0 bridgehead atoms. The van der Waals surface area contributed by atoms with Crippen LogP contribution in [0.5, 0.6) is 0 Å². The van der Waals surface area contributed by atoms with Crippen molar-refractivity contribution in [2.75, 3.05) is 18.0 Å². The van der Waals surface area contributed by atoms with E-state index in [4.69, 9.17) is 5.73 Å². The number of halogens is 1. The van der Waals surface area contributed by atoms with Crippen LogP contribution in [-0.4, -0.2) is 28.7 Å². The molecular weight excluding hydrogens is 373 g/mol.